The molecule has 2 amide bonds. The van der Waals surface area contributed by atoms with E-state index in [-0.39, 0.29) is 12.5 Å². The Morgan fingerprint density at radius 1 is 1.26 bits per heavy atom. The minimum Gasteiger partial charge on any atom is -0.369 e. The number of hydrogen-bond acceptors (Lipinski definition) is 6. The van der Waals surface area contributed by atoms with E-state index in [1.807, 2.05) is 31.2 Å². The molecule has 0 atom stereocenters. The summed E-state index contributed by atoms with van der Waals surface area (Å²) in [6, 6.07) is 7.94. The lowest BCUT2D eigenvalue weighted by atomic mass is 10.1. The second-order valence-electron chi connectivity index (χ2n) is 5.31. The van der Waals surface area contributed by atoms with Crippen molar-refractivity contribution in [1.82, 2.24) is 20.4 Å². The van der Waals surface area contributed by atoms with Crippen LogP contribution in [0.3, 0.4) is 0 Å². The number of carbonyl (C=O) groups is 2. The molecular formula is C15H19N5O2S. The van der Waals surface area contributed by atoms with Crippen LogP contribution in [-0.4, -0.2) is 40.5 Å². The number of hydrogen-bond donors (Lipinski definition) is 2. The Hall–Kier alpha value is -2.32. The van der Waals surface area contributed by atoms with Gasteiger partial charge < -0.3 is 11.1 Å². The van der Waals surface area contributed by atoms with Gasteiger partial charge in [-0.1, -0.05) is 41.2 Å². The van der Waals surface area contributed by atoms with Crippen molar-refractivity contribution in [2.45, 2.75) is 20.0 Å². The third-order valence-corrected chi connectivity index (χ3v) is 3.97. The van der Waals surface area contributed by atoms with E-state index in [1.54, 1.807) is 11.9 Å². The van der Waals surface area contributed by atoms with Crippen LogP contribution >= 0.6 is 11.3 Å². The molecule has 0 aliphatic carbocycles. The first-order chi connectivity index (χ1) is 10.9. The summed E-state index contributed by atoms with van der Waals surface area (Å²) in [5.74, 6) is -0.667. The van der Waals surface area contributed by atoms with Crippen LogP contribution < -0.4 is 11.1 Å². The Morgan fingerprint density at radius 3 is 2.61 bits per heavy atom. The summed E-state index contributed by atoms with van der Waals surface area (Å²) >= 11 is 1.21. The zero-order valence-corrected chi connectivity index (χ0v) is 13.9. The van der Waals surface area contributed by atoms with Crippen molar-refractivity contribution in [3.63, 3.8) is 0 Å². The Kier molecular flexibility index (Phi) is 5.78. The SMILES string of the molecule is Cc1ccc(CNC(=O)c2nnc(CN(C)CC(N)=O)s2)cc1. The molecule has 0 radical (unpaired) electrons. The molecule has 0 unspecified atom stereocenters. The number of nitrogens with one attached hydrogen (secondary N) is 1. The van der Waals surface area contributed by atoms with Gasteiger partial charge in [-0.05, 0) is 19.5 Å². The van der Waals surface area contributed by atoms with Gasteiger partial charge >= 0.3 is 0 Å². The Bertz CT molecular complexity index is 683. The summed E-state index contributed by atoms with van der Waals surface area (Å²) in [5, 5.41) is 11.6. The van der Waals surface area contributed by atoms with Gasteiger partial charge in [0.1, 0.15) is 5.01 Å². The first-order valence-corrected chi connectivity index (χ1v) is 7.88. The van der Waals surface area contributed by atoms with Gasteiger partial charge in [0.05, 0.1) is 13.1 Å². The number of carbonyl (C=O) groups excluding carboxylic acids is 2. The highest BCUT2D eigenvalue weighted by Crippen LogP contribution is 2.12. The topological polar surface area (TPSA) is 101 Å². The Morgan fingerprint density at radius 2 is 1.96 bits per heavy atom. The average molecular weight is 333 g/mol. The van der Waals surface area contributed by atoms with Gasteiger partial charge in [0.2, 0.25) is 10.9 Å². The van der Waals surface area contributed by atoms with Gasteiger partial charge in [-0.2, -0.15) is 0 Å². The van der Waals surface area contributed by atoms with E-state index in [1.165, 1.54) is 16.9 Å². The third-order valence-electron chi connectivity index (χ3n) is 3.07. The first-order valence-electron chi connectivity index (χ1n) is 7.07. The molecule has 7 nitrogen and oxygen atoms in total. The number of rotatable bonds is 7. The van der Waals surface area contributed by atoms with Gasteiger partial charge in [0, 0.05) is 6.54 Å². The zero-order valence-electron chi connectivity index (χ0n) is 13.1. The lowest BCUT2D eigenvalue weighted by Crippen LogP contribution is -2.30. The molecule has 2 rings (SSSR count). The van der Waals surface area contributed by atoms with Gasteiger partial charge in [0.15, 0.2) is 0 Å². The zero-order chi connectivity index (χ0) is 16.8. The largest absolute Gasteiger partial charge is 0.369 e. The highest BCUT2D eigenvalue weighted by atomic mass is 32.1. The van der Waals surface area contributed by atoms with Crippen molar-refractivity contribution in [3.8, 4) is 0 Å². The number of primary amides is 1. The van der Waals surface area contributed by atoms with E-state index >= 15 is 0 Å². The molecule has 2 aromatic rings. The summed E-state index contributed by atoms with van der Waals surface area (Å²) in [6.45, 7) is 3.01. The van der Waals surface area contributed by atoms with Crippen molar-refractivity contribution >= 4 is 23.2 Å². The molecule has 0 spiro atoms. The van der Waals surface area contributed by atoms with Crippen LogP contribution in [-0.2, 0) is 17.9 Å². The number of likely N-dealkylation sites (N-methyl/N-ethyl adjacent to an activating group) is 1. The number of aromatic nitrogens is 2. The lowest BCUT2D eigenvalue weighted by Gasteiger charge is -2.11. The summed E-state index contributed by atoms with van der Waals surface area (Å²) in [6.07, 6.45) is 0. The molecule has 122 valence electrons. The molecule has 0 fully saturated rings. The van der Waals surface area contributed by atoms with Crippen LogP contribution in [0.15, 0.2) is 24.3 Å². The predicted molar refractivity (Wildman–Crippen MR) is 87.8 cm³/mol. The van der Waals surface area contributed by atoms with Crippen LogP contribution in [0.25, 0.3) is 0 Å². The Balaban J connectivity index is 1.88. The number of nitrogens with zero attached hydrogens (tertiary/aromatic N) is 3. The number of amides is 2. The molecular weight excluding hydrogens is 314 g/mol. The van der Waals surface area contributed by atoms with Crippen LogP contribution in [0, 0.1) is 6.92 Å². The normalized spacial score (nSPS) is 10.7. The van der Waals surface area contributed by atoms with Crippen LogP contribution in [0.5, 0.6) is 0 Å². The van der Waals surface area contributed by atoms with Gasteiger partial charge in [-0.3, -0.25) is 14.5 Å². The second kappa shape index (κ2) is 7.80. The monoisotopic (exact) mass is 333 g/mol. The van der Waals surface area contributed by atoms with E-state index < -0.39 is 5.91 Å². The molecule has 0 aliphatic rings. The predicted octanol–water partition coefficient (Wildman–Crippen LogP) is 0.694. The average Bonchev–Trinajstić information content (AvgIpc) is 2.94. The van der Waals surface area contributed by atoms with Crippen LogP contribution in [0.1, 0.15) is 25.9 Å². The minimum absolute atomic E-state index is 0.133. The van der Waals surface area contributed by atoms with Crippen molar-refractivity contribution in [1.29, 1.82) is 0 Å². The first kappa shape index (κ1) is 17.0. The molecule has 0 saturated carbocycles. The molecule has 8 heteroatoms. The Labute approximate surface area is 138 Å². The quantitative estimate of drug-likeness (QED) is 0.776. The van der Waals surface area contributed by atoms with Crippen molar-refractivity contribution in [2.24, 2.45) is 5.73 Å². The summed E-state index contributed by atoms with van der Waals surface area (Å²) in [5.41, 5.74) is 7.33. The molecule has 0 bridgehead atoms. The minimum atomic E-state index is -0.409. The fraction of sp³-hybridized carbons (Fsp3) is 0.333. The van der Waals surface area contributed by atoms with E-state index in [4.69, 9.17) is 5.73 Å². The number of benzene rings is 1. The maximum Gasteiger partial charge on any atom is 0.282 e. The van der Waals surface area contributed by atoms with Crippen molar-refractivity contribution in [2.75, 3.05) is 13.6 Å². The highest BCUT2D eigenvalue weighted by molar-refractivity contribution is 7.13. The summed E-state index contributed by atoms with van der Waals surface area (Å²) in [4.78, 5) is 24.6. The third kappa shape index (κ3) is 5.42. The molecule has 1 heterocycles. The maximum atomic E-state index is 12.1. The van der Waals surface area contributed by atoms with Crippen molar-refractivity contribution < 1.29 is 9.59 Å². The van der Waals surface area contributed by atoms with Gasteiger partial charge in [0.25, 0.3) is 5.91 Å². The maximum absolute atomic E-state index is 12.1. The lowest BCUT2D eigenvalue weighted by molar-refractivity contribution is -0.118. The second-order valence-corrected chi connectivity index (χ2v) is 6.37. The fourth-order valence-electron chi connectivity index (χ4n) is 1.93. The molecule has 1 aromatic heterocycles. The van der Waals surface area contributed by atoms with Crippen LogP contribution in [0.4, 0.5) is 0 Å². The smallest absolute Gasteiger partial charge is 0.282 e. The van der Waals surface area contributed by atoms with Gasteiger partial charge in [-0.15, -0.1) is 10.2 Å². The summed E-state index contributed by atoms with van der Waals surface area (Å²) < 4.78 is 0. The number of nitrogens with two attached hydrogens (primary N) is 1. The van der Waals surface area contributed by atoms with E-state index in [0.29, 0.717) is 23.1 Å². The van der Waals surface area contributed by atoms with E-state index in [0.717, 1.165) is 5.56 Å². The molecule has 1 aromatic carbocycles. The molecule has 3 N–H and O–H groups in total. The standard InChI is InChI=1S/C15H19N5O2S/c1-10-3-5-11(6-4-10)7-17-14(22)15-19-18-13(23-15)9-20(2)8-12(16)21/h3-6H,7-9H2,1-2H3,(H2,16,21)(H,17,22). The highest BCUT2D eigenvalue weighted by Gasteiger charge is 2.14. The van der Waals surface area contributed by atoms with Crippen molar-refractivity contribution in [3.05, 3.63) is 45.4 Å². The fourth-order valence-corrected chi connectivity index (χ4v) is 2.76. The number of aryl methyl sites for hydroxylation is 1. The van der Waals surface area contributed by atoms with Gasteiger partial charge in [-0.25, -0.2) is 0 Å². The molecule has 0 saturated heterocycles. The molecule has 23 heavy (non-hydrogen) atoms. The van der Waals surface area contributed by atoms with E-state index in [2.05, 4.69) is 15.5 Å². The molecule has 0 aliphatic heterocycles. The van der Waals surface area contributed by atoms with Crippen LogP contribution in [0.2, 0.25) is 0 Å². The van der Waals surface area contributed by atoms with E-state index in [9.17, 15) is 9.59 Å². The summed E-state index contributed by atoms with van der Waals surface area (Å²) in [7, 11) is 1.75.